The van der Waals surface area contributed by atoms with Crippen LogP contribution in [0.2, 0.25) is 0 Å². The SMILES string of the molecule is COc1cccc(C(=O)O)c1OCC(=O)N(Cc1ccccc1)Cc1ccccc1O. The molecule has 0 heterocycles. The van der Waals surface area contributed by atoms with E-state index in [1.165, 1.54) is 19.2 Å². The van der Waals surface area contributed by atoms with Crippen LogP contribution in [0, 0.1) is 0 Å². The summed E-state index contributed by atoms with van der Waals surface area (Å²) in [4.78, 5) is 26.1. The molecule has 3 rings (SSSR count). The van der Waals surface area contributed by atoms with Gasteiger partial charge in [-0.1, -0.05) is 54.6 Å². The number of carboxylic acid groups (broad SMARTS) is 1. The van der Waals surface area contributed by atoms with Gasteiger partial charge in [0.1, 0.15) is 11.3 Å². The summed E-state index contributed by atoms with van der Waals surface area (Å²) < 4.78 is 10.8. The third-order valence-electron chi connectivity index (χ3n) is 4.69. The molecule has 0 atom stereocenters. The van der Waals surface area contributed by atoms with Gasteiger partial charge in [-0.05, 0) is 23.8 Å². The minimum atomic E-state index is -1.18. The van der Waals surface area contributed by atoms with Crippen LogP contribution in [0.5, 0.6) is 17.2 Å². The molecule has 0 fully saturated rings. The number of carbonyl (C=O) groups excluding carboxylic acids is 1. The highest BCUT2D eigenvalue weighted by Crippen LogP contribution is 2.31. The predicted molar refractivity (Wildman–Crippen MR) is 114 cm³/mol. The first-order chi connectivity index (χ1) is 15.0. The number of hydrogen-bond acceptors (Lipinski definition) is 5. The number of phenols is 1. The Hall–Kier alpha value is -4.00. The van der Waals surface area contributed by atoms with E-state index in [1.807, 2.05) is 30.3 Å². The first-order valence-electron chi connectivity index (χ1n) is 9.61. The first kappa shape index (κ1) is 21.7. The fourth-order valence-corrected chi connectivity index (χ4v) is 3.11. The van der Waals surface area contributed by atoms with Crippen LogP contribution in [0.25, 0.3) is 0 Å². The van der Waals surface area contributed by atoms with Crippen molar-refractivity contribution in [2.75, 3.05) is 13.7 Å². The number of methoxy groups -OCH3 is 1. The van der Waals surface area contributed by atoms with Gasteiger partial charge < -0.3 is 24.6 Å². The summed E-state index contributed by atoms with van der Waals surface area (Å²) in [6.07, 6.45) is 0. The Labute approximate surface area is 180 Å². The lowest BCUT2D eigenvalue weighted by molar-refractivity contribution is -0.134. The molecule has 0 saturated heterocycles. The first-order valence-corrected chi connectivity index (χ1v) is 9.61. The maximum absolute atomic E-state index is 13.0. The van der Waals surface area contributed by atoms with Crippen molar-refractivity contribution < 1.29 is 29.3 Å². The molecule has 0 aromatic heterocycles. The molecule has 0 bridgehead atoms. The van der Waals surface area contributed by atoms with E-state index in [1.54, 1.807) is 35.2 Å². The van der Waals surface area contributed by atoms with E-state index in [4.69, 9.17) is 9.47 Å². The number of amides is 1. The predicted octanol–water partition coefficient (Wildman–Crippen LogP) is 3.71. The molecule has 31 heavy (non-hydrogen) atoms. The molecule has 3 aromatic carbocycles. The molecule has 2 N–H and O–H groups in total. The van der Waals surface area contributed by atoms with Gasteiger partial charge in [-0.15, -0.1) is 0 Å². The summed E-state index contributed by atoms with van der Waals surface area (Å²) in [6, 6.07) is 20.7. The zero-order valence-electron chi connectivity index (χ0n) is 17.0. The van der Waals surface area contributed by atoms with Crippen LogP contribution in [0.1, 0.15) is 21.5 Å². The van der Waals surface area contributed by atoms with Crippen molar-refractivity contribution >= 4 is 11.9 Å². The molecule has 0 saturated carbocycles. The molecule has 0 aliphatic rings. The van der Waals surface area contributed by atoms with Gasteiger partial charge >= 0.3 is 5.97 Å². The lowest BCUT2D eigenvalue weighted by Gasteiger charge is -2.24. The number of ether oxygens (including phenoxy) is 2. The van der Waals surface area contributed by atoms with Gasteiger partial charge in [-0.25, -0.2) is 4.79 Å². The van der Waals surface area contributed by atoms with Crippen LogP contribution in [-0.4, -0.2) is 40.7 Å². The quantitative estimate of drug-likeness (QED) is 0.547. The average Bonchev–Trinajstić information content (AvgIpc) is 2.78. The fourth-order valence-electron chi connectivity index (χ4n) is 3.11. The summed E-state index contributed by atoms with van der Waals surface area (Å²) in [7, 11) is 1.40. The highest BCUT2D eigenvalue weighted by atomic mass is 16.5. The molecular formula is C24H23NO6. The lowest BCUT2D eigenvalue weighted by atomic mass is 10.1. The second-order valence-corrected chi connectivity index (χ2v) is 6.79. The van der Waals surface area contributed by atoms with E-state index in [-0.39, 0.29) is 41.9 Å². The van der Waals surface area contributed by atoms with Crippen molar-refractivity contribution in [1.29, 1.82) is 0 Å². The molecular weight excluding hydrogens is 398 g/mol. The Morgan fingerprint density at radius 3 is 2.29 bits per heavy atom. The number of hydrogen-bond donors (Lipinski definition) is 2. The van der Waals surface area contributed by atoms with Crippen molar-refractivity contribution in [1.82, 2.24) is 4.90 Å². The maximum Gasteiger partial charge on any atom is 0.339 e. The van der Waals surface area contributed by atoms with Crippen molar-refractivity contribution in [3.05, 3.63) is 89.5 Å². The Kier molecular flexibility index (Phi) is 7.11. The number of carboxylic acids is 1. The van der Waals surface area contributed by atoms with E-state index in [9.17, 15) is 19.8 Å². The zero-order chi connectivity index (χ0) is 22.2. The normalized spacial score (nSPS) is 10.4. The smallest absolute Gasteiger partial charge is 0.339 e. The van der Waals surface area contributed by atoms with Crippen molar-refractivity contribution in [3.8, 4) is 17.2 Å². The van der Waals surface area contributed by atoms with Crippen molar-refractivity contribution in [2.45, 2.75) is 13.1 Å². The highest BCUT2D eigenvalue weighted by Gasteiger charge is 2.21. The van der Waals surface area contributed by atoms with E-state index in [0.717, 1.165) is 5.56 Å². The Morgan fingerprint density at radius 2 is 1.61 bits per heavy atom. The summed E-state index contributed by atoms with van der Waals surface area (Å²) in [6.45, 7) is 0.0810. The van der Waals surface area contributed by atoms with Crippen molar-refractivity contribution in [3.63, 3.8) is 0 Å². The standard InChI is InChI=1S/C24H23NO6/c1-30-21-13-7-11-19(24(28)29)23(21)31-16-22(27)25(14-17-8-3-2-4-9-17)15-18-10-5-6-12-20(18)26/h2-13,26H,14-16H2,1H3,(H,28,29). The largest absolute Gasteiger partial charge is 0.508 e. The lowest BCUT2D eigenvalue weighted by Crippen LogP contribution is -2.34. The molecule has 0 unspecified atom stereocenters. The summed E-state index contributed by atoms with van der Waals surface area (Å²) in [5, 5.41) is 19.6. The van der Waals surface area contributed by atoms with Crippen LogP contribution in [0.15, 0.2) is 72.8 Å². The van der Waals surface area contributed by atoms with E-state index in [2.05, 4.69) is 0 Å². The number of carbonyl (C=O) groups is 2. The molecule has 1 amide bonds. The zero-order valence-corrected chi connectivity index (χ0v) is 17.0. The molecule has 0 radical (unpaired) electrons. The fraction of sp³-hybridized carbons (Fsp3) is 0.167. The van der Waals surface area contributed by atoms with Crippen LogP contribution in [0.3, 0.4) is 0 Å². The van der Waals surface area contributed by atoms with Gasteiger partial charge in [0.25, 0.3) is 5.91 Å². The van der Waals surface area contributed by atoms with E-state index >= 15 is 0 Å². The molecule has 160 valence electrons. The number of nitrogens with zero attached hydrogens (tertiary/aromatic N) is 1. The second-order valence-electron chi connectivity index (χ2n) is 6.79. The van der Waals surface area contributed by atoms with Gasteiger partial charge in [0.05, 0.1) is 7.11 Å². The van der Waals surface area contributed by atoms with Gasteiger partial charge in [0.2, 0.25) is 0 Å². The second kappa shape index (κ2) is 10.2. The summed E-state index contributed by atoms with van der Waals surface area (Å²) >= 11 is 0. The summed E-state index contributed by atoms with van der Waals surface area (Å²) in [5.41, 5.74) is 1.41. The van der Waals surface area contributed by atoms with Gasteiger partial charge in [-0.3, -0.25) is 4.79 Å². The highest BCUT2D eigenvalue weighted by molar-refractivity contribution is 5.92. The molecule has 7 heteroatoms. The number of para-hydroxylation sites is 2. The Balaban J connectivity index is 1.82. The minimum Gasteiger partial charge on any atom is -0.508 e. The third kappa shape index (κ3) is 5.54. The number of aromatic carboxylic acids is 1. The monoisotopic (exact) mass is 421 g/mol. The third-order valence-corrected chi connectivity index (χ3v) is 4.69. The van der Waals surface area contributed by atoms with Crippen LogP contribution < -0.4 is 9.47 Å². The van der Waals surface area contributed by atoms with Crippen LogP contribution in [0.4, 0.5) is 0 Å². The maximum atomic E-state index is 13.0. The summed E-state index contributed by atoms with van der Waals surface area (Å²) in [5.74, 6) is -1.24. The number of benzene rings is 3. The Morgan fingerprint density at radius 1 is 0.903 bits per heavy atom. The number of aromatic hydroxyl groups is 1. The Bertz CT molecular complexity index is 1050. The molecule has 0 spiro atoms. The van der Waals surface area contributed by atoms with Crippen LogP contribution >= 0.6 is 0 Å². The molecule has 0 aliphatic carbocycles. The van der Waals surface area contributed by atoms with E-state index in [0.29, 0.717) is 12.1 Å². The van der Waals surface area contributed by atoms with Crippen molar-refractivity contribution in [2.24, 2.45) is 0 Å². The number of phenolic OH excluding ortho intramolecular Hbond substituents is 1. The number of rotatable bonds is 9. The molecule has 7 nitrogen and oxygen atoms in total. The van der Waals surface area contributed by atoms with Crippen LogP contribution in [-0.2, 0) is 17.9 Å². The van der Waals surface area contributed by atoms with E-state index < -0.39 is 5.97 Å². The topological polar surface area (TPSA) is 96.3 Å². The minimum absolute atomic E-state index is 0.00642. The molecule has 0 aliphatic heterocycles. The molecule has 3 aromatic rings. The average molecular weight is 421 g/mol. The van der Waals surface area contributed by atoms with Gasteiger partial charge in [-0.2, -0.15) is 0 Å². The van der Waals surface area contributed by atoms with Gasteiger partial charge in [0.15, 0.2) is 18.1 Å². The van der Waals surface area contributed by atoms with Gasteiger partial charge in [0, 0.05) is 18.7 Å².